The number of amides is 2. The monoisotopic (exact) mass is 288 g/mol. The van der Waals surface area contributed by atoms with Crippen molar-refractivity contribution in [2.75, 3.05) is 6.54 Å². The van der Waals surface area contributed by atoms with Gasteiger partial charge in [-0.3, -0.25) is 4.79 Å². The van der Waals surface area contributed by atoms with Crippen molar-refractivity contribution in [1.82, 2.24) is 9.88 Å². The molecular formula is C14H12N2O5. The molecule has 1 atom stereocenters. The zero-order valence-corrected chi connectivity index (χ0v) is 11.1. The fourth-order valence-corrected chi connectivity index (χ4v) is 2.77. The molecule has 1 aromatic heterocycles. The van der Waals surface area contributed by atoms with E-state index in [1.807, 2.05) is 6.92 Å². The summed E-state index contributed by atoms with van der Waals surface area (Å²) >= 11 is 0. The number of aromatic amines is 1. The maximum absolute atomic E-state index is 12.2. The number of aromatic carboxylic acids is 1. The number of imide groups is 1. The van der Waals surface area contributed by atoms with Crippen molar-refractivity contribution in [3.05, 3.63) is 35.0 Å². The summed E-state index contributed by atoms with van der Waals surface area (Å²) in [5.74, 6) is -1.86. The van der Waals surface area contributed by atoms with E-state index < -0.39 is 18.0 Å². The number of rotatable bonds is 1. The highest BCUT2D eigenvalue weighted by Gasteiger charge is 2.35. The zero-order valence-electron chi connectivity index (χ0n) is 11.1. The Morgan fingerprint density at radius 3 is 2.67 bits per heavy atom. The van der Waals surface area contributed by atoms with E-state index in [2.05, 4.69) is 4.98 Å². The van der Waals surface area contributed by atoms with Crippen LogP contribution >= 0.6 is 0 Å². The second kappa shape index (κ2) is 4.34. The van der Waals surface area contributed by atoms with Gasteiger partial charge in [0.1, 0.15) is 5.69 Å². The largest absolute Gasteiger partial charge is 0.478 e. The highest BCUT2D eigenvalue weighted by atomic mass is 16.4. The van der Waals surface area contributed by atoms with Crippen molar-refractivity contribution >= 4 is 28.9 Å². The number of carboxylic acids is 1. The van der Waals surface area contributed by atoms with E-state index in [4.69, 9.17) is 10.2 Å². The Labute approximate surface area is 118 Å². The van der Waals surface area contributed by atoms with Crippen LogP contribution in [0.5, 0.6) is 0 Å². The summed E-state index contributed by atoms with van der Waals surface area (Å²) in [6.07, 6.45) is -1.29. The predicted molar refractivity (Wildman–Crippen MR) is 72.7 cm³/mol. The third-order valence-corrected chi connectivity index (χ3v) is 3.72. The van der Waals surface area contributed by atoms with Crippen LogP contribution in [0.15, 0.2) is 18.2 Å². The number of hydrogen-bond acceptors (Lipinski definition) is 3. The van der Waals surface area contributed by atoms with E-state index in [1.54, 1.807) is 6.07 Å². The first-order chi connectivity index (χ1) is 9.90. The normalized spacial score (nSPS) is 17.9. The minimum Gasteiger partial charge on any atom is -0.478 e. The Bertz CT molecular complexity index is 792. The minimum absolute atomic E-state index is 0.0609. The Morgan fingerprint density at radius 2 is 2.05 bits per heavy atom. The topological polar surface area (TPSA) is 111 Å². The number of aromatic nitrogens is 1. The van der Waals surface area contributed by atoms with Crippen LogP contribution in [0.4, 0.5) is 4.79 Å². The van der Waals surface area contributed by atoms with Crippen molar-refractivity contribution in [3.8, 4) is 0 Å². The lowest BCUT2D eigenvalue weighted by molar-refractivity contribution is 0.0690. The molecular weight excluding hydrogens is 276 g/mol. The second-order valence-corrected chi connectivity index (χ2v) is 5.08. The molecule has 1 aromatic carbocycles. The van der Waals surface area contributed by atoms with Crippen LogP contribution in [0, 0.1) is 0 Å². The van der Waals surface area contributed by atoms with Crippen LogP contribution in [-0.2, 0) is 0 Å². The number of carboxylic acid groups (broad SMARTS) is 2. The van der Waals surface area contributed by atoms with E-state index in [0.717, 1.165) is 4.90 Å². The third kappa shape index (κ3) is 1.85. The van der Waals surface area contributed by atoms with Gasteiger partial charge in [0.15, 0.2) is 0 Å². The number of benzene rings is 1. The van der Waals surface area contributed by atoms with Crippen molar-refractivity contribution in [3.63, 3.8) is 0 Å². The van der Waals surface area contributed by atoms with E-state index in [-0.39, 0.29) is 23.7 Å². The molecule has 2 aromatic rings. The summed E-state index contributed by atoms with van der Waals surface area (Å²) in [7, 11) is 0. The summed E-state index contributed by atoms with van der Waals surface area (Å²) < 4.78 is 0. The van der Waals surface area contributed by atoms with E-state index in [9.17, 15) is 14.4 Å². The van der Waals surface area contributed by atoms with Crippen LogP contribution in [0.1, 0.15) is 39.3 Å². The lowest BCUT2D eigenvalue weighted by Gasteiger charge is -2.27. The van der Waals surface area contributed by atoms with Gasteiger partial charge in [0.25, 0.3) is 5.91 Å². The van der Waals surface area contributed by atoms with Crippen LogP contribution < -0.4 is 0 Å². The van der Waals surface area contributed by atoms with E-state index in [0.29, 0.717) is 16.5 Å². The number of carbonyl (C=O) groups excluding carboxylic acids is 1. The number of fused-ring (bicyclic) bond motifs is 3. The van der Waals surface area contributed by atoms with Crippen LogP contribution in [-0.4, -0.2) is 44.6 Å². The molecule has 21 heavy (non-hydrogen) atoms. The zero-order chi connectivity index (χ0) is 15.3. The van der Waals surface area contributed by atoms with Gasteiger partial charge in [-0.25, -0.2) is 14.5 Å². The van der Waals surface area contributed by atoms with Crippen LogP contribution in [0.2, 0.25) is 0 Å². The molecule has 1 aliphatic rings. The van der Waals surface area contributed by atoms with Gasteiger partial charge in [-0.1, -0.05) is 6.92 Å². The third-order valence-electron chi connectivity index (χ3n) is 3.72. The fourth-order valence-electron chi connectivity index (χ4n) is 2.77. The molecule has 108 valence electrons. The highest BCUT2D eigenvalue weighted by Crippen LogP contribution is 2.34. The molecule has 0 saturated carbocycles. The van der Waals surface area contributed by atoms with Crippen molar-refractivity contribution in [2.45, 2.75) is 12.8 Å². The molecule has 3 N–H and O–H groups in total. The van der Waals surface area contributed by atoms with Gasteiger partial charge in [-0.05, 0) is 23.8 Å². The number of carbonyl (C=O) groups is 3. The number of H-pyrrole nitrogens is 1. The minimum atomic E-state index is -1.29. The smallest absolute Gasteiger partial charge is 0.414 e. The summed E-state index contributed by atoms with van der Waals surface area (Å²) in [5.41, 5.74) is 1.64. The van der Waals surface area contributed by atoms with Gasteiger partial charge in [-0.15, -0.1) is 0 Å². The average molecular weight is 288 g/mol. The summed E-state index contributed by atoms with van der Waals surface area (Å²) in [6.45, 7) is 1.87. The van der Waals surface area contributed by atoms with E-state index >= 15 is 0 Å². The second-order valence-electron chi connectivity index (χ2n) is 5.08. The molecule has 0 bridgehead atoms. The lowest BCUT2D eigenvalue weighted by Crippen LogP contribution is -2.42. The molecule has 3 rings (SSSR count). The number of nitrogens with one attached hydrogen (secondary N) is 1. The SMILES string of the molecule is CC1CN(C(=O)O)C(=O)c2[nH]c3ccc(C(=O)O)cc3c21. The summed E-state index contributed by atoms with van der Waals surface area (Å²) in [6, 6.07) is 4.53. The lowest BCUT2D eigenvalue weighted by atomic mass is 9.93. The van der Waals surface area contributed by atoms with Crippen molar-refractivity contribution in [2.24, 2.45) is 0 Å². The van der Waals surface area contributed by atoms with Gasteiger partial charge >= 0.3 is 12.1 Å². The Balaban J connectivity index is 2.24. The first-order valence-electron chi connectivity index (χ1n) is 6.34. The molecule has 0 spiro atoms. The fraction of sp³-hybridized carbons (Fsp3) is 0.214. The van der Waals surface area contributed by atoms with Crippen LogP contribution in [0.3, 0.4) is 0 Å². The molecule has 7 nitrogen and oxygen atoms in total. The average Bonchev–Trinajstić information content (AvgIpc) is 2.81. The van der Waals surface area contributed by atoms with Gasteiger partial charge in [0.05, 0.1) is 5.56 Å². The Hall–Kier alpha value is -2.83. The molecule has 0 fully saturated rings. The Kier molecular flexibility index (Phi) is 2.72. The highest BCUT2D eigenvalue weighted by molar-refractivity contribution is 6.08. The van der Waals surface area contributed by atoms with Gasteiger partial charge in [-0.2, -0.15) is 0 Å². The molecule has 2 amide bonds. The Morgan fingerprint density at radius 1 is 1.33 bits per heavy atom. The van der Waals surface area contributed by atoms with Crippen molar-refractivity contribution < 1.29 is 24.6 Å². The summed E-state index contributed by atoms with van der Waals surface area (Å²) in [5, 5.41) is 18.8. The van der Waals surface area contributed by atoms with Gasteiger partial charge in [0.2, 0.25) is 0 Å². The van der Waals surface area contributed by atoms with Crippen LogP contribution in [0.25, 0.3) is 10.9 Å². The molecule has 1 unspecified atom stereocenters. The predicted octanol–water partition coefficient (Wildman–Crippen LogP) is 2.10. The molecule has 0 aliphatic carbocycles. The summed E-state index contributed by atoms with van der Waals surface area (Å²) in [4.78, 5) is 38.0. The molecule has 7 heteroatoms. The first-order valence-corrected chi connectivity index (χ1v) is 6.34. The quantitative estimate of drug-likeness (QED) is 0.744. The number of nitrogens with zero attached hydrogens (tertiary/aromatic N) is 1. The molecule has 0 saturated heterocycles. The molecule has 2 heterocycles. The maximum Gasteiger partial charge on any atom is 0.414 e. The van der Waals surface area contributed by atoms with Gasteiger partial charge < -0.3 is 15.2 Å². The first kappa shape index (κ1) is 13.2. The molecule has 0 radical (unpaired) electrons. The van der Waals surface area contributed by atoms with E-state index in [1.165, 1.54) is 12.1 Å². The molecule has 1 aliphatic heterocycles. The maximum atomic E-state index is 12.2. The van der Waals surface area contributed by atoms with Gasteiger partial charge in [0, 0.05) is 23.4 Å². The number of hydrogen-bond donors (Lipinski definition) is 3. The van der Waals surface area contributed by atoms with Crippen molar-refractivity contribution in [1.29, 1.82) is 0 Å². The standard InChI is InChI=1S/C14H12N2O5/c1-6-5-16(14(20)21)12(17)11-10(6)8-4-7(13(18)19)2-3-9(8)15-11/h2-4,6,15H,5H2,1H3,(H,18,19)(H,20,21).